The van der Waals surface area contributed by atoms with E-state index in [1.807, 2.05) is 73.7 Å². The molecule has 5 nitrogen and oxygen atoms in total. The van der Waals surface area contributed by atoms with Gasteiger partial charge in [-0.25, -0.2) is 5.43 Å². The minimum atomic E-state index is -0.798. The van der Waals surface area contributed by atoms with Crippen LogP contribution in [0.4, 0.5) is 0 Å². The molecule has 3 rings (SSSR count). The number of fused-ring (bicyclic) bond motifs is 1. The van der Waals surface area contributed by atoms with Crippen LogP contribution in [0.3, 0.4) is 0 Å². The molecule has 0 radical (unpaired) electrons. The maximum absolute atomic E-state index is 11.8. The molecule has 0 saturated heterocycles. The van der Waals surface area contributed by atoms with Gasteiger partial charge in [-0.15, -0.1) is 0 Å². The minimum Gasteiger partial charge on any atom is -0.344 e. The lowest BCUT2D eigenvalue weighted by atomic mass is 10.1. The van der Waals surface area contributed by atoms with Gasteiger partial charge in [0.1, 0.15) is 0 Å². The van der Waals surface area contributed by atoms with Gasteiger partial charge in [-0.1, -0.05) is 72.3 Å². The SMILES string of the molecule is Cc1ccc(CNC(=O)C(=O)N/N=C\c2cccc3ccccc23)cc1. The number of benzene rings is 3. The van der Waals surface area contributed by atoms with Gasteiger partial charge in [-0.3, -0.25) is 9.59 Å². The van der Waals surface area contributed by atoms with Crippen molar-refractivity contribution in [1.29, 1.82) is 0 Å². The number of nitrogens with zero attached hydrogens (tertiary/aromatic N) is 1. The van der Waals surface area contributed by atoms with E-state index in [-0.39, 0.29) is 0 Å². The number of amides is 2. The van der Waals surface area contributed by atoms with Crippen molar-refractivity contribution in [2.24, 2.45) is 5.10 Å². The van der Waals surface area contributed by atoms with E-state index in [1.54, 1.807) is 0 Å². The van der Waals surface area contributed by atoms with Crippen molar-refractivity contribution in [2.75, 3.05) is 0 Å². The predicted molar refractivity (Wildman–Crippen MR) is 103 cm³/mol. The predicted octanol–water partition coefficient (Wildman–Crippen LogP) is 2.91. The van der Waals surface area contributed by atoms with Crippen molar-refractivity contribution in [3.63, 3.8) is 0 Å². The van der Waals surface area contributed by atoms with E-state index in [9.17, 15) is 9.59 Å². The molecule has 26 heavy (non-hydrogen) atoms. The summed E-state index contributed by atoms with van der Waals surface area (Å²) in [7, 11) is 0. The Hall–Kier alpha value is -3.47. The highest BCUT2D eigenvalue weighted by Gasteiger charge is 2.11. The molecule has 0 aliphatic rings. The Kier molecular flexibility index (Phi) is 5.39. The Morgan fingerprint density at radius 3 is 2.46 bits per heavy atom. The van der Waals surface area contributed by atoms with Crippen molar-refractivity contribution < 1.29 is 9.59 Å². The first-order chi connectivity index (χ1) is 12.6. The van der Waals surface area contributed by atoms with Crippen LogP contribution in [-0.2, 0) is 16.1 Å². The number of rotatable bonds is 4. The zero-order valence-electron chi connectivity index (χ0n) is 14.4. The molecular weight excluding hydrogens is 326 g/mol. The second-order valence-electron chi connectivity index (χ2n) is 5.94. The van der Waals surface area contributed by atoms with Crippen LogP contribution in [-0.4, -0.2) is 18.0 Å². The molecule has 3 aromatic carbocycles. The number of hydrogen-bond donors (Lipinski definition) is 2. The summed E-state index contributed by atoms with van der Waals surface area (Å²) in [4.78, 5) is 23.7. The summed E-state index contributed by atoms with van der Waals surface area (Å²) >= 11 is 0. The Morgan fingerprint density at radius 2 is 1.65 bits per heavy atom. The summed E-state index contributed by atoms with van der Waals surface area (Å²) in [5, 5.41) is 8.57. The number of carbonyl (C=O) groups is 2. The van der Waals surface area contributed by atoms with Crippen molar-refractivity contribution in [2.45, 2.75) is 13.5 Å². The van der Waals surface area contributed by atoms with Gasteiger partial charge in [-0.2, -0.15) is 5.10 Å². The van der Waals surface area contributed by atoms with E-state index in [0.29, 0.717) is 6.54 Å². The Labute approximate surface area is 151 Å². The largest absolute Gasteiger partial charge is 0.344 e. The van der Waals surface area contributed by atoms with Crippen molar-refractivity contribution >= 4 is 28.8 Å². The van der Waals surface area contributed by atoms with Crippen LogP contribution in [0.1, 0.15) is 16.7 Å². The fraction of sp³-hybridized carbons (Fsp3) is 0.0952. The third-order valence-electron chi connectivity index (χ3n) is 3.97. The molecule has 130 valence electrons. The quantitative estimate of drug-likeness (QED) is 0.434. The second-order valence-corrected chi connectivity index (χ2v) is 5.94. The zero-order chi connectivity index (χ0) is 18.4. The van der Waals surface area contributed by atoms with E-state index in [0.717, 1.165) is 27.5 Å². The number of hydrogen-bond acceptors (Lipinski definition) is 3. The molecule has 2 N–H and O–H groups in total. The minimum absolute atomic E-state index is 0.291. The van der Waals surface area contributed by atoms with Crippen LogP contribution in [0.25, 0.3) is 10.8 Å². The smallest absolute Gasteiger partial charge is 0.329 e. The molecule has 0 aromatic heterocycles. The number of hydrazone groups is 1. The third-order valence-corrected chi connectivity index (χ3v) is 3.97. The van der Waals surface area contributed by atoms with E-state index < -0.39 is 11.8 Å². The monoisotopic (exact) mass is 345 g/mol. The van der Waals surface area contributed by atoms with E-state index >= 15 is 0 Å². The molecule has 0 spiro atoms. The second kappa shape index (κ2) is 8.07. The number of nitrogens with one attached hydrogen (secondary N) is 2. The van der Waals surface area contributed by atoms with Gasteiger partial charge in [0.2, 0.25) is 0 Å². The molecule has 0 unspecified atom stereocenters. The first kappa shape index (κ1) is 17.4. The van der Waals surface area contributed by atoms with Crippen molar-refractivity contribution in [3.8, 4) is 0 Å². The fourth-order valence-corrected chi connectivity index (χ4v) is 2.54. The molecule has 0 aliphatic carbocycles. The lowest BCUT2D eigenvalue weighted by Crippen LogP contribution is -2.37. The highest BCUT2D eigenvalue weighted by Crippen LogP contribution is 2.16. The molecule has 0 fully saturated rings. The van der Waals surface area contributed by atoms with Crippen LogP contribution >= 0.6 is 0 Å². The number of aryl methyl sites for hydroxylation is 1. The van der Waals surface area contributed by atoms with Gasteiger partial charge in [0.05, 0.1) is 6.21 Å². The summed E-state index contributed by atoms with van der Waals surface area (Å²) < 4.78 is 0. The molecule has 0 bridgehead atoms. The molecule has 0 aliphatic heterocycles. The van der Waals surface area contributed by atoms with Gasteiger partial charge < -0.3 is 5.32 Å². The molecule has 0 heterocycles. The molecule has 2 amide bonds. The standard InChI is InChI=1S/C21H19N3O2/c1-15-9-11-16(12-10-15)13-22-20(25)21(26)24-23-14-18-7-4-6-17-5-2-3-8-19(17)18/h2-12,14H,13H2,1H3,(H,22,25)(H,24,26)/b23-14-. The maximum Gasteiger partial charge on any atom is 0.329 e. The maximum atomic E-state index is 11.8. The molecule has 3 aromatic rings. The van der Waals surface area contributed by atoms with E-state index in [4.69, 9.17) is 0 Å². The van der Waals surface area contributed by atoms with Crippen LogP contribution in [0.5, 0.6) is 0 Å². The highest BCUT2D eigenvalue weighted by atomic mass is 16.2. The van der Waals surface area contributed by atoms with Crippen LogP contribution in [0.2, 0.25) is 0 Å². The Morgan fingerprint density at radius 1 is 0.923 bits per heavy atom. The summed E-state index contributed by atoms with van der Waals surface area (Å²) in [6.45, 7) is 2.28. The lowest BCUT2D eigenvalue weighted by molar-refractivity contribution is -0.139. The van der Waals surface area contributed by atoms with E-state index in [1.165, 1.54) is 6.21 Å². The molecule has 0 atom stereocenters. The first-order valence-electron chi connectivity index (χ1n) is 8.28. The summed E-state index contributed by atoms with van der Waals surface area (Å²) in [5.41, 5.74) is 5.19. The van der Waals surface area contributed by atoms with Crippen LogP contribution in [0, 0.1) is 6.92 Å². The van der Waals surface area contributed by atoms with Crippen LogP contribution in [0.15, 0.2) is 71.8 Å². The highest BCUT2D eigenvalue weighted by molar-refractivity contribution is 6.35. The zero-order valence-corrected chi connectivity index (χ0v) is 14.4. The summed E-state index contributed by atoms with van der Waals surface area (Å²) in [6.07, 6.45) is 1.54. The van der Waals surface area contributed by atoms with Crippen molar-refractivity contribution in [3.05, 3.63) is 83.4 Å². The average molecular weight is 345 g/mol. The molecular formula is C21H19N3O2. The first-order valence-corrected chi connectivity index (χ1v) is 8.28. The van der Waals surface area contributed by atoms with Gasteiger partial charge in [0.15, 0.2) is 0 Å². The molecule has 5 heteroatoms. The Bertz CT molecular complexity index is 957. The molecule has 0 saturated carbocycles. The topological polar surface area (TPSA) is 70.6 Å². The van der Waals surface area contributed by atoms with Gasteiger partial charge in [0, 0.05) is 12.1 Å². The average Bonchev–Trinajstić information content (AvgIpc) is 2.67. The van der Waals surface area contributed by atoms with Crippen LogP contribution < -0.4 is 10.7 Å². The van der Waals surface area contributed by atoms with Gasteiger partial charge in [0.25, 0.3) is 0 Å². The number of carbonyl (C=O) groups excluding carboxylic acids is 2. The Balaban J connectivity index is 1.56. The summed E-state index contributed by atoms with van der Waals surface area (Å²) in [6, 6.07) is 21.4. The lowest BCUT2D eigenvalue weighted by Gasteiger charge is -2.05. The van der Waals surface area contributed by atoms with Crippen molar-refractivity contribution in [1.82, 2.24) is 10.7 Å². The fourth-order valence-electron chi connectivity index (χ4n) is 2.54. The van der Waals surface area contributed by atoms with Gasteiger partial charge >= 0.3 is 11.8 Å². The normalized spacial score (nSPS) is 10.8. The van der Waals surface area contributed by atoms with Gasteiger partial charge in [-0.05, 0) is 23.3 Å². The third kappa shape index (κ3) is 4.33. The van der Waals surface area contributed by atoms with E-state index in [2.05, 4.69) is 15.8 Å². The summed E-state index contributed by atoms with van der Waals surface area (Å²) in [5.74, 6) is -1.52.